The van der Waals surface area contributed by atoms with Crippen molar-refractivity contribution in [1.82, 2.24) is 14.8 Å². The Labute approximate surface area is 188 Å². The van der Waals surface area contributed by atoms with Crippen molar-refractivity contribution in [1.29, 1.82) is 0 Å². The molecule has 2 amide bonds. The van der Waals surface area contributed by atoms with Gasteiger partial charge in [0.1, 0.15) is 23.3 Å². The van der Waals surface area contributed by atoms with E-state index in [0.717, 1.165) is 0 Å². The molecule has 1 fully saturated rings. The van der Waals surface area contributed by atoms with Crippen molar-refractivity contribution in [2.45, 2.75) is 38.8 Å². The predicted molar refractivity (Wildman–Crippen MR) is 111 cm³/mol. The maximum Gasteiger partial charge on any atom is 0.573 e. The van der Waals surface area contributed by atoms with Crippen LogP contribution in [-0.4, -0.2) is 64.0 Å². The molecular weight excluding hydrogens is 443 g/mol. The van der Waals surface area contributed by atoms with Crippen LogP contribution in [0.15, 0.2) is 42.6 Å². The normalized spacial score (nSPS) is 14.6. The third-order valence-corrected chi connectivity index (χ3v) is 5.14. The van der Waals surface area contributed by atoms with Crippen molar-refractivity contribution < 1.29 is 37.3 Å². The van der Waals surface area contributed by atoms with Gasteiger partial charge in [0.15, 0.2) is 0 Å². The van der Waals surface area contributed by atoms with Crippen molar-refractivity contribution in [3.63, 3.8) is 0 Å². The molecule has 2 heterocycles. The number of benzene rings is 1. The van der Waals surface area contributed by atoms with Gasteiger partial charge >= 0.3 is 12.5 Å². The van der Waals surface area contributed by atoms with E-state index in [1.54, 1.807) is 30.0 Å². The van der Waals surface area contributed by atoms with Crippen LogP contribution < -0.4 is 9.47 Å². The van der Waals surface area contributed by atoms with Crippen LogP contribution in [-0.2, 0) is 6.54 Å². The molecular formula is C22H24F3N3O5. The fourth-order valence-electron chi connectivity index (χ4n) is 3.50. The van der Waals surface area contributed by atoms with Gasteiger partial charge in [-0.3, -0.25) is 9.78 Å². The van der Waals surface area contributed by atoms with Gasteiger partial charge in [-0.15, -0.1) is 13.2 Å². The Kier molecular flexibility index (Phi) is 7.62. The first-order valence-electron chi connectivity index (χ1n) is 10.4. The molecule has 0 radical (unpaired) electrons. The van der Waals surface area contributed by atoms with Crippen LogP contribution in [0.5, 0.6) is 11.5 Å². The molecule has 33 heavy (non-hydrogen) atoms. The average Bonchev–Trinajstić information content (AvgIpc) is 2.76. The zero-order chi connectivity index (χ0) is 24.0. The summed E-state index contributed by atoms with van der Waals surface area (Å²) in [4.78, 5) is 31.0. The number of carbonyl (C=O) groups excluding carboxylic acids is 1. The van der Waals surface area contributed by atoms with Gasteiger partial charge in [-0.05, 0) is 36.8 Å². The zero-order valence-electron chi connectivity index (χ0n) is 17.9. The number of hydrogen-bond donors (Lipinski definition) is 1. The first-order chi connectivity index (χ1) is 15.6. The monoisotopic (exact) mass is 467 g/mol. The van der Waals surface area contributed by atoms with Crippen LogP contribution in [0.25, 0.3) is 0 Å². The number of hydrogen-bond acceptors (Lipinski definition) is 5. The van der Waals surface area contributed by atoms with Crippen LogP contribution in [0.3, 0.4) is 0 Å². The Hall–Kier alpha value is -3.50. The van der Waals surface area contributed by atoms with E-state index in [1.807, 2.05) is 0 Å². The van der Waals surface area contributed by atoms with E-state index in [4.69, 9.17) is 4.74 Å². The van der Waals surface area contributed by atoms with Gasteiger partial charge in [0, 0.05) is 51.3 Å². The summed E-state index contributed by atoms with van der Waals surface area (Å²) in [5.74, 6) is -0.368. The minimum Gasteiger partial charge on any atom is -0.490 e. The van der Waals surface area contributed by atoms with Gasteiger partial charge in [0.25, 0.3) is 5.91 Å². The van der Waals surface area contributed by atoms with Crippen LogP contribution in [0.4, 0.5) is 18.0 Å². The number of alkyl halides is 3. The van der Waals surface area contributed by atoms with E-state index in [-0.39, 0.29) is 35.7 Å². The number of amides is 2. The lowest BCUT2D eigenvalue weighted by Crippen LogP contribution is -2.42. The van der Waals surface area contributed by atoms with Crippen molar-refractivity contribution in [3.8, 4) is 11.5 Å². The van der Waals surface area contributed by atoms with Crippen molar-refractivity contribution >= 4 is 12.0 Å². The van der Waals surface area contributed by atoms with Gasteiger partial charge in [-0.25, -0.2) is 4.79 Å². The molecule has 1 N–H and O–H groups in total. The molecule has 11 heteroatoms. The SMILES string of the molecule is CCN(Cc1ccnc(C(=O)N2CCC(Oc3cccc(OC(F)(F)F)c3)CC2)c1)C(=O)O. The Morgan fingerprint density at radius 1 is 1.18 bits per heavy atom. The standard InChI is InChI=1S/C22H24F3N3O5/c1-2-27(21(30)31)14-15-6-9-26-19(12-15)20(29)28-10-7-16(8-11-28)32-17-4-3-5-18(13-17)33-22(23,24)25/h3-6,9,12-13,16H,2,7-8,10-11,14H2,1H3,(H,30,31). The van der Waals surface area contributed by atoms with Crippen molar-refractivity contribution in [3.05, 3.63) is 53.9 Å². The Morgan fingerprint density at radius 3 is 2.52 bits per heavy atom. The number of likely N-dealkylation sites (tertiary alicyclic amines) is 1. The van der Waals surface area contributed by atoms with E-state index in [1.165, 1.54) is 29.3 Å². The van der Waals surface area contributed by atoms with E-state index in [0.29, 0.717) is 38.0 Å². The molecule has 3 rings (SSSR count). The van der Waals surface area contributed by atoms with E-state index in [2.05, 4.69) is 9.72 Å². The number of carboxylic acid groups (broad SMARTS) is 1. The number of nitrogens with zero attached hydrogens (tertiary/aromatic N) is 3. The van der Waals surface area contributed by atoms with Crippen LogP contribution in [0.2, 0.25) is 0 Å². The molecule has 0 unspecified atom stereocenters. The van der Waals surface area contributed by atoms with Crippen molar-refractivity contribution in [2.75, 3.05) is 19.6 Å². The molecule has 0 atom stereocenters. The molecule has 1 aliphatic heterocycles. The average molecular weight is 467 g/mol. The van der Waals surface area contributed by atoms with Gasteiger partial charge < -0.3 is 24.4 Å². The summed E-state index contributed by atoms with van der Waals surface area (Å²) in [6, 6.07) is 8.59. The fraction of sp³-hybridized carbons (Fsp3) is 0.409. The lowest BCUT2D eigenvalue weighted by Gasteiger charge is -2.32. The number of pyridine rings is 1. The second kappa shape index (κ2) is 10.4. The highest BCUT2D eigenvalue weighted by Crippen LogP contribution is 2.28. The van der Waals surface area contributed by atoms with Gasteiger partial charge in [0.05, 0.1) is 0 Å². The smallest absolute Gasteiger partial charge is 0.490 e. The molecule has 1 aromatic carbocycles. The predicted octanol–water partition coefficient (Wildman–Crippen LogP) is 4.16. The number of rotatable bonds is 7. The van der Waals surface area contributed by atoms with E-state index in [9.17, 15) is 27.9 Å². The number of aromatic nitrogens is 1. The second-order valence-corrected chi connectivity index (χ2v) is 7.48. The third kappa shape index (κ3) is 6.99. The molecule has 1 aliphatic rings. The summed E-state index contributed by atoms with van der Waals surface area (Å²) in [6.45, 7) is 2.99. The summed E-state index contributed by atoms with van der Waals surface area (Å²) in [6.07, 6.45) is -3.61. The summed E-state index contributed by atoms with van der Waals surface area (Å²) >= 11 is 0. The zero-order valence-corrected chi connectivity index (χ0v) is 17.9. The Morgan fingerprint density at radius 2 is 1.88 bits per heavy atom. The summed E-state index contributed by atoms with van der Waals surface area (Å²) in [5.41, 5.74) is 0.891. The van der Waals surface area contributed by atoms with Crippen LogP contribution >= 0.6 is 0 Å². The first kappa shape index (κ1) is 24.1. The molecule has 2 aromatic rings. The molecule has 8 nitrogen and oxygen atoms in total. The largest absolute Gasteiger partial charge is 0.573 e. The number of halogens is 3. The van der Waals surface area contributed by atoms with Gasteiger partial charge in [0.2, 0.25) is 0 Å². The molecule has 1 aromatic heterocycles. The highest BCUT2D eigenvalue weighted by molar-refractivity contribution is 5.92. The number of piperidine rings is 1. The highest BCUT2D eigenvalue weighted by atomic mass is 19.4. The lowest BCUT2D eigenvalue weighted by atomic mass is 10.1. The number of carbonyl (C=O) groups is 2. The van der Waals surface area contributed by atoms with E-state index < -0.39 is 12.5 Å². The minimum absolute atomic E-state index is 0.154. The van der Waals surface area contributed by atoms with Gasteiger partial charge in [-0.2, -0.15) is 0 Å². The molecule has 1 saturated heterocycles. The maximum atomic E-state index is 12.9. The van der Waals surface area contributed by atoms with Crippen molar-refractivity contribution in [2.24, 2.45) is 0 Å². The highest BCUT2D eigenvalue weighted by Gasteiger charge is 2.31. The molecule has 0 aliphatic carbocycles. The molecule has 0 saturated carbocycles. The molecule has 0 spiro atoms. The summed E-state index contributed by atoms with van der Waals surface area (Å²) < 4.78 is 46.9. The summed E-state index contributed by atoms with van der Waals surface area (Å²) in [7, 11) is 0. The quantitative estimate of drug-likeness (QED) is 0.657. The third-order valence-electron chi connectivity index (χ3n) is 5.14. The molecule has 0 bridgehead atoms. The topological polar surface area (TPSA) is 92.2 Å². The summed E-state index contributed by atoms with van der Waals surface area (Å²) in [5, 5.41) is 9.18. The maximum absolute atomic E-state index is 12.9. The van der Waals surface area contributed by atoms with E-state index >= 15 is 0 Å². The Balaban J connectivity index is 1.56. The van der Waals surface area contributed by atoms with Gasteiger partial charge in [-0.1, -0.05) is 6.07 Å². The second-order valence-electron chi connectivity index (χ2n) is 7.48. The van der Waals surface area contributed by atoms with Crippen LogP contribution in [0.1, 0.15) is 35.8 Å². The fourth-order valence-corrected chi connectivity index (χ4v) is 3.50. The minimum atomic E-state index is -4.78. The Bertz CT molecular complexity index is 978. The molecule has 178 valence electrons. The van der Waals surface area contributed by atoms with Crippen LogP contribution in [0, 0.1) is 0 Å². The number of ether oxygens (including phenoxy) is 2. The lowest BCUT2D eigenvalue weighted by molar-refractivity contribution is -0.274. The first-order valence-corrected chi connectivity index (χ1v) is 10.4.